The monoisotopic (exact) mass is 238 g/mol. The van der Waals surface area contributed by atoms with Crippen molar-refractivity contribution in [2.75, 3.05) is 26.2 Å². The number of nitrogens with two attached hydrogens (primary N) is 1. The van der Waals surface area contributed by atoms with Gasteiger partial charge in [0.15, 0.2) is 0 Å². The second-order valence-corrected chi connectivity index (χ2v) is 5.84. The fourth-order valence-electron chi connectivity index (χ4n) is 2.98. The molecule has 0 saturated heterocycles. The van der Waals surface area contributed by atoms with E-state index in [1.807, 2.05) is 0 Å². The van der Waals surface area contributed by atoms with Crippen LogP contribution in [-0.4, -0.2) is 31.1 Å². The van der Waals surface area contributed by atoms with Gasteiger partial charge in [-0.3, -0.25) is 4.90 Å². The smallest absolute Gasteiger partial charge is 0.0187 e. The van der Waals surface area contributed by atoms with Gasteiger partial charge in [-0.2, -0.15) is 0 Å². The van der Waals surface area contributed by atoms with Gasteiger partial charge < -0.3 is 5.73 Å². The molecular formula is C15H30N2. The van der Waals surface area contributed by atoms with Crippen molar-refractivity contribution in [2.24, 2.45) is 11.1 Å². The van der Waals surface area contributed by atoms with Crippen molar-refractivity contribution >= 4 is 0 Å². The Morgan fingerprint density at radius 1 is 1.29 bits per heavy atom. The molecule has 1 fully saturated rings. The lowest BCUT2D eigenvalue weighted by Gasteiger charge is -2.38. The van der Waals surface area contributed by atoms with Gasteiger partial charge in [0.2, 0.25) is 0 Å². The zero-order valence-electron chi connectivity index (χ0n) is 11.8. The molecule has 0 heterocycles. The van der Waals surface area contributed by atoms with E-state index in [1.165, 1.54) is 50.6 Å². The molecule has 0 aromatic heterocycles. The van der Waals surface area contributed by atoms with Crippen molar-refractivity contribution in [3.8, 4) is 0 Å². The molecule has 2 heteroatoms. The van der Waals surface area contributed by atoms with Crippen LogP contribution in [0.25, 0.3) is 0 Å². The molecule has 0 aromatic carbocycles. The molecule has 1 rings (SSSR count). The van der Waals surface area contributed by atoms with E-state index in [0.29, 0.717) is 5.41 Å². The Kier molecular flexibility index (Phi) is 6.21. The van der Waals surface area contributed by atoms with Crippen molar-refractivity contribution in [2.45, 2.75) is 52.4 Å². The quantitative estimate of drug-likeness (QED) is 0.690. The normalized spacial score (nSPS) is 19.5. The summed E-state index contributed by atoms with van der Waals surface area (Å²) in [7, 11) is 0. The molecule has 0 atom stereocenters. The van der Waals surface area contributed by atoms with Gasteiger partial charge in [0.05, 0.1) is 0 Å². The zero-order chi connectivity index (χ0) is 12.7. The molecule has 1 aliphatic carbocycles. The Hall–Kier alpha value is -0.340. The van der Waals surface area contributed by atoms with Crippen LogP contribution in [0.2, 0.25) is 0 Å². The van der Waals surface area contributed by atoms with Crippen LogP contribution >= 0.6 is 0 Å². The Bertz CT molecular complexity index is 229. The van der Waals surface area contributed by atoms with Crippen LogP contribution in [0.1, 0.15) is 52.4 Å². The maximum atomic E-state index is 6.03. The maximum Gasteiger partial charge on any atom is 0.0187 e. The number of hydrogen-bond acceptors (Lipinski definition) is 2. The summed E-state index contributed by atoms with van der Waals surface area (Å²) in [6.45, 7) is 12.6. The van der Waals surface area contributed by atoms with E-state index in [2.05, 4.69) is 25.3 Å². The fourth-order valence-corrected chi connectivity index (χ4v) is 2.98. The Labute approximate surface area is 107 Å². The van der Waals surface area contributed by atoms with Gasteiger partial charge in [-0.15, -0.1) is 0 Å². The summed E-state index contributed by atoms with van der Waals surface area (Å²) < 4.78 is 0. The van der Waals surface area contributed by atoms with Crippen molar-refractivity contribution < 1.29 is 0 Å². The van der Waals surface area contributed by atoms with Gasteiger partial charge in [0.25, 0.3) is 0 Å². The average molecular weight is 238 g/mol. The van der Waals surface area contributed by atoms with Crippen molar-refractivity contribution in [3.05, 3.63) is 12.2 Å². The minimum atomic E-state index is 0.445. The summed E-state index contributed by atoms with van der Waals surface area (Å²) in [6.07, 6.45) is 8.12. The van der Waals surface area contributed by atoms with E-state index in [0.717, 1.165) is 19.6 Å². The predicted molar refractivity (Wildman–Crippen MR) is 76.1 cm³/mol. The van der Waals surface area contributed by atoms with Crippen LogP contribution < -0.4 is 5.73 Å². The SMILES string of the molecule is C=C(C)CN(CC)CCC1(CN)CCCCC1. The number of likely N-dealkylation sites (N-methyl/N-ethyl adjacent to an activating group) is 1. The van der Waals surface area contributed by atoms with E-state index in [1.54, 1.807) is 0 Å². The van der Waals surface area contributed by atoms with E-state index in [-0.39, 0.29) is 0 Å². The van der Waals surface area contributed by atoms with Crippen molar-refractivity contribution in [3.63, 3.8) is 0 Å². The summed E-state index contributed by atoms with van der Waals surface area (Å²) in [4.78, 5) is 2.49. The van der Waals surface area contributed by atoms with E-state index < -0.39 is 0 Å². The van der Waals surface area contributed by atoms with Crippen LogP contribution in [0.4, 0.5) is 0 Å². The largest absolute Gasteiger partial charge is 0.330 e. The molecular weight excluding hydrogens is 208 g/mol. The predicted octanol–water partition coefficient (Wildman–Crippen LogP) is 3.18. The highest BCUT2D eigenvalue weighted by Gasteiger charge is 2.30. The first-order chi connectivity index (χ1) is 8.12. The highest BCUT2D eigenvalue weighted by atomic mass is 15.1. The molecule has 2 N–H and O–H groups in total. The topological polar surface area (TPSA) is 29.3 Å². The van der Waals surface area contributed by atoms with Gasteiger partial charge in [-0.05, 0) is 51.2 Å². The standard InChI is InChI=1S/C15H30N2/c1-4-17(12-14(2)3)11-10-15(13-16)8-6-5-7-9-15/h2,4-13,16H2,1,3H3. The molecule has 0 radical (unpaired) electrons. The van der Waals surface area contributed by atoms with Crippen LogP contribution in [0, 0.1) is 5.41 Å². The molecule has 0 spiro atoms. The summed E-state index contributed by atoms with van der Waals surface area (Å²) >= 11 is 0. The molecule has 17 heavy (non-hydrogen) atoms. The zero-order valence-corrected chi connectivity index (χ0v) is 11.8. The Morgan fingerprint density at radius 3 is 2.41 bits per heavy atom. The molecule has 100 valence electrons. The minimum absolute atomic E-state index is 0.445. The van der Waals surface area contributed by atoms with Crippen molar-refractivity contribution in [1.82, 2.24) is 4.90 Å². The van der Waals surface area contributed by atoms with Crippen LogP contribution in [0.5, 0.6) is 0 Å². The molecule has 2 nitrogen and oxygen atoms in total. The fraction of sp³-hybridized carbons (Fsp3) is 0.867. The number of hydrogen-bond donors (Lipinski definition) is 1. The lowest BCUT2D eigenvalue weighted by atomic mass is 9.72. The first-order valence-corrected chi connectivity index (χ1v) is 7.19. The van der Waals surface area contributed by atoms with Gasteiger partial charge >= 0.3 is 0 Å². The minimum Gasteiger partial charge on any atom is -0.330 e. The van der Waals surface area contributed by atoms with Gasteiger partial charge in [0, 0.05) is 6.54 Å². The Morgan fingerprint density at radius 2 is 1.94 bits per heavy atom. The van der Waals surface area contributed by atoms with E-state index in [9.17, 15) is 0 Å². The third-order valence-electron chi connectivity index (χ3n) is 4.25. The molecule has 0 unspecified atom stereocenters. The van der Waals surface area contributed by atoms with Gasteiger partial charge in [-0.25, -0.2) is 0 Å². The molecule has 0 amide bonds. The van der Waals surface area contributed by atoms with Gasteiger partial charge in [0.1, 0.15) is 0 Å². The second-order valence-electron chi connectivity index (χ2n) is 5.84. The lowest BCUT2D eigenvalue weighted by molar-refractivity contribution is 0.152. The van der Waals surface area contributed by atoms with Crippen LogP contribution in [-0.2, 0) is 0 Å². The lowest BCUT2D eigenvalue weighted by Crippen LogP contribution is -2.37. The first-order valence-electron chi connectivity index (χ1n) is 7.19. The highest BCUT2D eigenvalue weighted by molar-refractivity contribution is 4.92. The highest BCUT2D eigenvalue weighted by Crippen LogP contribution is 2.38. The maximum absolute atomic E-state index is 6.03. The molecule has 0 bridgehead atoms. The summed E-state index contributed by atoms with van der Waals surface area (Å²) in [5.41, 5.74) is 7.74. The van der Waals surface area contributed by atoms with E-state index in [4.69, 9.17) is 5.73 Å². The average Bonchev–Trinajstić information content (AvgIpc) is 2.35. The molecule has 1 aliphatic rings. The second kappa shape index (κ2) is 7.17. The molecule has 1 saturated carbocycles. The number of rotatable bonds is 7. The van der Waals surface area contributed by atoms with E-state index >= 15 is 0 Å². The third kappa shape index (κ3) is 4.81. The van der Waals surface area contributed by atoms with Crippen LogP contribution in [0.15, 0.2) is 12.2 Å². The Balaban J connectivity index is 2.42. The molecule has 0 aliphatic heterocycles. The van der Waals surface area contributed by atoms with Gasteiger partial charge in [-0.1, -0.05) is 38.3 Å². The summed E-state index contributed by atoms with van der Waals surface area (Å²) in [5, 5.41) is 0. The first kappa shape index (κ1) is 14.7. The molecule has 0 aromatic rings. The summed E-state index contributed by atoms with van der Waals surface area (Å²) in [6, 6.07) is 0. The third-order valence-corrected chi connectivity index (χ3v) is 4.25. The summed E-state index contributed by atoms with van der Waals surface area (Å²) in [5.74, 6) is 0. The van der Waals surface area contributed by atoms with Crippen LogP contribution in [0.3, 0.4) is 0 Å². The number of nitrogens with zero attached hydrogens (tertiary/aromatic N) is 1. The van der Waals surface area contributed by atoms with Crippen molar-refractivity contribution in [1.29, 1.82) is 0 Å².